The maximum absolute atomic E-state index is 13.3. The van der Waals surface area contributed by atoms with E-state index in [1.807, 2.05) is 12.1 Å². The molecule has 1 saturated heterocycles. The highest BCUT2D eigenvalue weighted by atomic mass is 16.5. The fourth-order valence-electron chi connectivity index (χ4n) is 12.8. The molecule has 7 unspecified atom stereocenters. The molecule has 47 heavy (non-hydrogen) atoms. The number of hydrogen-bond donors (Lipinski definition) is 3. The molecule has 1 aliphatic heterocycles. The van der Waals surface area contributed by atoms with Crippen LogP contribution in [0, 0.1) is 45.8 Å². The van der Waals surface area contributed by atoms with Crippen molar-refractivity contribution >= 4 is 17.6 Å². The Bertz CT molecular complexity index is 1370. The van der Waals surface area contributed by atoms with Crippen molar-refractivity contribution in [1.29, 1.82) is 0 Å². The summed E-state index contributed by atoms with van der Waals surface area (Å²) in [5.41, 5.74) is 3.77. The molecule has 1 aromatic carbocycles. The van der Waals surface area contributed by atoms with Crippen LogP contribution in [0.2, 0.25) is 0 Å². The second kappa shape index (κ2) is 12.5. The van der Waals surface area contributed by atoms with Gasteiger partial charge in [-0.05, 0) is 140 Å². The number of carboxylic acid groups (broad SMARTS) is 1. The summed E-state index contributed by atoms with van der Waals surface area (Å²) in [7, 11) is 0. The van der Waals surface area contributed by atoms with Crippen LogP contribution < -0.4 is 10.6 Å². The Morgan fingerprint density at radius 1 is 0.915 bits per heavy atom. The topological polar surface area (TPSA) is 90.9 Å². The molecule has 7 nitrogen and oxygen atoms in total. The van der Waals surface area contributed by atoms with Crippen LogP contribution in [-0.4, -0.2) is 66.9 Å². The van der Waals surface area contributed by atoms with Gasteiger partial charge in [0.2, 0.25) is 0 Å². The average Bonchev–Trinajstić information content (AvgIpc) is 3.47. The summed E-state index contributed by atoms with van der Waals surface area (Å²) in [6.45, 7) is 15.8. The fraction of sp³-hybridized carbons (Fsp3) is 0.750. The van der Waals surface area contributed by atoms with Gasteiger partial charge in [0.15, 0.2) is 0 Å². The highest BCUT2D eigenvalue weighted by molar-refractivity contribution is 5.88. The minimum Gasteiger partial charge on any atom is -0.478 e. The number of benzene rings is 1. The normalized spacial score (nSPS) is 41.4. The van der Waals surface area contributed by atoms with E-state index in [1.165, 1.54) is 56.1 Å². The number of hydrogen-bond acceptors (Lipinski definition) is 4. The Balaban J connectivity index is 1.04. The number of carbonyl (C=O) groups is 2. The molecule has 9 atom stereocenters. The van der Waals surface area contributed by atoms with Crippen LogP contribution in [0.5, 0.6) is 0 Å². The first-order valence-corrected chi connectivity index (χ1v) is 18.9. The molecule has 0 bridgehead atoms. The highest BCUT2D eigenvalue weighted by Crippen LogP contribution is 2.75. The first-order valence-electron chi connectivity index (χ1n) is 18.9. The van der Waals surface area contributed by atoms with Crippen molar-refractivity contribution in [1.82, 2.24) is 15.5 Å². The predicted octanol–water partition coefficient (Wildman–Crippen LogP) is 7.62. The van der Waals surface area contributed by atoms with Crippen molar-refractivity contribution in [3.8, 4) is 0 Å². The molecule has 7 heteroatoms. The summed E-state index contributed by atoms with van der Waals surface area (Å²) in [5.74, 6) is 2.18. The van der Waals surface area contributed by atoms with Crippen LogP contribution in [0.3, 0.4) is 0 Å². The molecular weight excluding hydrogens is 586 g/mol. The maximum Gasteiger partial charge on any atom is 0.335 e. The number of amides is 2. The third kappa shape index (κ3) is 5.46. The minimum absolute atomic E-state index is 0.0457. The minimum atomic E-state index is -0.864. The van der Waals surface area contributed by atoms with E-state index in [-0.39, 0.29) is 17.0 Å². The Hall–Kier alpha value is -2.38. The van der Waals surface area contributed by atoms with E-state index < -0.39 is 5.97 Å². The van der Waals surface area contributed by atoms with E-state index in [9.17, 15) is 14.7 Å². The molecule has 5 fully saturated rings. The van der Waals surface area contributed by atoms with Crippen molar-refractivity contribution in [2.75, 3.05) is 39.4 Å². The van der Waals surface area contributed by atoms with E-state index in [2.05, 4.69) is 49.3 Å². The van der Waals surface area contributed by atoms with Gasteiger partial charge in [-0.15, -0.1) is 0 Å². The van der Waals surface area contributed by atoms with Crippen molar-refractivity contribution < 1.29 is 19.4 Å². The number of carboxylic acids is 1. The zero-order valence-electron chi connectivity index (χ0n) is 29.4. The first-order chi connectivity index (χ1) is 22.5. The number of ether oxygens (including phenoxy) is 1. The number of urea groups is 1. The molecular formula is C40H59N3O4. The molecule has 5 aliphatic carbocycles. The van der Waals surface area contributed by atoms with Crippen LogP contribution in [-0.2, 0) is 4.74 Å². The van der Waals surface area contributed by atoms with Crippen LogP contribution >= 0.6 is 0 Å². The van der Waals surface area contributed by atoms with Gasteiger partial charge < -0.3 is 20.5 Å². The number of nitrogens with zero attached hydrogens (tertiary/aromatic N) is 1. The second-order valence-corrected chi connectivity index (χ2v) is 17.1. The summed E-state index contributed by atoms with van der Waals surface area (Å²) in [6, 6.07) is 7.60. The average molecular weight is 646 g/mol. The standard InChI is InChI=1S/C40H59N3O4/c1-27-30(28-8-10-29(11-9-28)35(44)45)14-17-37(2)31(27)15-18-39(4)34(37)13-12-32-33-7-5-16-40(33,20-19-38(32,39)3)42-36(46)41-21-6-22-43-23-25-47-26-24-43/h8-11,14,27,31-34H,5-7,12-13,15-26H2,1-4H3,(H,44,45)(H2,41,42,46)/t27?,31?,32?,33?,34?,37?,38-,39-,40?/m1/s1. The van der Waals surface area contributed by atoms with Gasteiger partial charge in [0.25, 0.3) is 0 Å². The Kier molecular flexibility index (Phi) is 8.81. The van der Waals surface area contributed by atoms with Crippen molar-refractivity contribution in [2.24, 2.45) is 45.8 Å². The highest BCUT2D eigenvalue weighted by Gasteiger charge is 2.68. The van der Waals surface area contributed by atoms with Crippen LogP contribution in [0.25, 0.3) is 5.57 Å². The SMILES string of the molecule is CC1C(c2ccc(C(=O)O)cc2)=CCC2(C)C1CC[C@]1(C)C2CCC2C3CCCC3(NC(=O)NCCCN3CCOCC3)CC[C@]21C. The zero-order chi connectivity index (χ0) is 33.0. The van der Waals surface area contributed by atoms with E-state index in [0.717, 1.165) is 65.1 Å². The quantitative estimate of drug-likeness (QED) is 0.266. The van der Waals surface area contributed by atoms with Gasteiger partial charge in [-0.2, -0.15) is 0 Å². The van der Waals surface area contributed by atoms with Gasteiger partial charge in [0, 0.05) is 25.2 Å². The third-order valence-electron chi connectivity index (χ3n) is 15.4. The van der Waals surface area contributed by atoms with Gasteiger partial charge in [-0.1, -0.05) is 52.3 Å². The lowest BCUT2D eigenvalue weighted by molar-refractivity contribution is -0.210. The number of aromatic carboxylic acids is 1. The number of nitrogens with one attached hydrogen (secondary N) is 2. The van der Waals surface area contributed by atoms with Crippen molar-refractivity contribution in [3.63, 3.8) is 0 Å². The van der Waals surface area contributed by atoms with E-state index in [0.29, 0.717) is 46.0 Å². The number of allylic oxidation sites excluding steroid dienone is 2. The number of morpholine rings is 1. The van der Waals surface area contributed by atoms with Crippen LogP contribution in [0.1, 0.15) is 114 Å². The Labute approximate surface area is 282 Å². The molecule has 0 spiro atoms. The summed E-state index contributed by atoms with van der Waals surface area (Å²) >= 11 is 0. The molecule has 1 aromatic rings. The molecule has 0 radical (unpaired) electrons. The molecule has 4 saturated carbocycles. The van der Waals surface area contributed by atoms with Crippen molar-refractivity contribution in [3.05, 3.63) is 41.5 Å². The number of fused-ring (bicyclic) bond motifs is 7. The maximum atomic E-state index is 13.3. The third-order valence-corrected chi connectivity index (χ3v) is 15.4. The molecule has 7 rings (SSSR count). The zero-order valence-corrected chi connectivity index (χ0v) is 29.4. The van der Waals surface area contributed by atoms with Gasteiger partial charge in [0.05, 0.1) is 18.8 Å². The molecule has 2 amide bonds. The molecule has 1 heterocycles. The molecule has 0 aromatic heterocycles. The second-order valence-electron chi connectivity index (χ2n) is 17.1. The first kappa shape index (κ1) is 33.1. The summed E-state index contributed by atoms with van der Waals surface area (Å²) in [4.78, 5) is 27.2. The lowest BCUT2D eigenvalue weighted by Gasteiger charge is -2.71. The van der Waals surface area contributed by atoms with Gasteiger partial charge in [-0.3, -0.25) is 4.90 Å². The lowest BCUT2D eigenvalue weighted by atomic mass is 9.34. The van der Waals surface area contributed by atoms with E-state index in [1.54, 1.807) is 12.1 Å². The monoisotopic (exact) mass is 645 g/mol. The lowest BCUT2D eigenvalue weighted by Crippen LogP contribution is -2.67. The fourth-order valence-corrected chi connectivity index (χ4v) is 12.8. The van der Waals surface area contributed by atoms with Crippen molar-refractivity contribution in [2.45, 2.75) is 104 Å². The van der Waals surface area contributed by atoms with Crippen LogP contribution in [0.15, 0.2) is 30.3 Å². The van der Waals surface area contributed by atoms with Crippen LogP contribution in [0.4, 0.5) is 4.79 Å². The van der Waals surface area contributed by atoms with E-state index in [4.69, 9.17) is 4.74 Å². The smallest absolute Gasteiger partial charge is 0.335 e. The number of carbonyl (C=O) groups excluding carboxylic acids is 1. The van der Waals surface area contributed by atoms with Gasteiger partial charge in [0.1, 0.15) is 0 Å². The summed E-state index contributed by atoms with van der Waals surface area (Å²) in [6.07, 6.45) is 15.7. The predicted molar refractivity (Wildman–Crippen MR) is 186 cm³/mol. The Morgan fingerprint density at radius 3 is 2.43 bits per heavy atom. The Morgan fingerprint density at radius 2 is 1.68 bits per heavy atom. The van der Waals surface area contributed by atoms with Gasteiger partial charge in [-0.25, -0.2) is 9.59 Å². The van der Waals surface area contributed by atoms with E-state index >= 15 is 0 Å². The summed E-state index contributed by atoms with van der Waals surface area (Å²) < 4.78 is 5.47. The molecule has 3 N–H and O–H groups in total. The number of rotatable bonds is 7. The largest absolute Gasteiger partial charge is 0.478 e. The summed E-state index contributed by atoms with van der Waals surface area (Å²) in [5, 5.41) is 16.3. The molecule has 6 aliphatic rings. The molecule has 258 valence electrons. The van der Waals surface area contributed by atoms with Gasteiger partial charge >= 0.3 is 12.0 Å².